The highest BCUT2D eigenvalue weighted by atomic mass is 19.3. The Bertz CT molecular complexity index is 1050. The lowest BCUT2D eigenvalue weighted by atomic mass is 10.0. The second-order valence-electron chi connectivity index (χ2n) is 7.07. The number of aromatic nitrogens is 2. The molecule has 0 spiro atoms. The first kappa shape index (κ1) is 17.6. The number of halogens is 3. The van der Waals surface area contributed by atoms with Crippen LogP contribution in [0, 0.1) is 19.7 Å². The maximum Gasteiger partial charge on any atom is 0.282 e. The number of hydrogen-bond acceptors (Lipinski definition) is 2. The molecule has 0 N–H and O–H groups in total. The van der Waals surface area contributed by atoms with Crippen molar-refractivity contribution in [3.63, 3.8) is 0 Å². The van der Waals surface area contributed by atoms with Crippen LogP contribution in [-0.4, -0.2) is 39.4 Å². The van der Waals surface area contributed by atoms with Gasteiger partial charge in [0, 0.05) is 23.5 Å². The van der Waals surface area contributed by atoms with E-state index in [4.69, 9.17) is 0 Å². The first-order chi connectivity index (χ1) is 12.7. The second kappa shape index (κ2) is 6.11. The number of likely N-dealkylation sites (tertiary alicyclic amines) is 1. The minimum atomic E-state index is -2.79. The Morgan fingerprint density at radius 1 is 1.22 bits per heavy atom. The van der Waals surface area contributed by atoms with Crippen LogP contribution in [0.2, 0.25) is 0 Å². The molecule has 1 aromatic carbocycles. The van der Waals surface area contributed by atoms with Gasteiger partial charge in [-0.1, -0.05) is 18.2 Å². The molecule has 0 radical (unpaired) electrons. The number of aryl methyl sites for hydroxylation is 2. The molecule has 0 aliphatic carbocycles. The predicted molar refractivity (Wildman–Crippen MR) is 96.1 cm³/mol. The van der Waals surface area contributed by atoms with Crippen LogP contribution in [0.1, 0.15) is 11.1 Å². The van der Waals surface area contributed by atoms with Crippen LogP contribution in [0.4, 0.5) is 13.2 Å². The van der Waals surface area contributed by atoms with Gasteiger partial charge in [0.05, 0.1) is 24.1 Å². The molecule has 0 saturated carbocycles. The fourth-order valence-corrected chi connectivity index (χ4v) is 3.42. The Kier molecular flexibility index (Phi) is 3.98. The van der Waals surface area contributed by atoms with E-state index in [1.54, 1.807) is 48.1 Å². The largest absolute Gasteiger partial charge is 0.336 e. The molecule has 140 valence electrons. The van der Waals surface area contributed by atoms with E-state index in [2.05, 4.69) is 4.98 Å². The summed E-state index contributed by atoms with van der Waals surface area (Å²) < 4.78 is 42.2. The lowest BCUT2D eigenvalue weighted by Gasteiger charge is -2.38. The van der Waals surface area contributed by atoms with E-state index in [1.807, 2.05) is 6.92 Å². The van der Waals surface area contributed by atoms with E-state index in [-0.39, 0.29) is 18.3 Å². The lowest BCUT2D eigenvalue weighted by molar-refractivity contribution is -0.166. The average molecular weight is 373 g/mol. The number of carbonyl (C=O) groups is 1. The van der Waals surface area contributed by atoms with E-state index < -0.39 is 19.0 Å². The molecule has 3 aromatic rings. The highest BCUT2D eigenvalue weighted by Gasteiger charge is 2.46. The topological polar surface area (TPSA) is 38.1 Å². The Morgan fingerprint density at radius 3 is 2.67 bits per heavy atom. The van der Waals surface area contributed by atoms with Crippen LogP contribution in [0.3, 0.4) is 0 Å². The van der Waals surface area contributed by atoms with Crippen molar-refractivity contribution in [1.29, 1.82) is 0 Å². The number of benzene rings is 1. The number of amides is 1. The maximum atomic E-state index is 14.5. The third kappa shape index (κ3) is 3.07. The van der Waals surface area contributed by atoms with Crippen molar-refractivity contribution in [3.8, 4) is 11.1 Å². The summed E-state index contributed by atoms with van der Waals surface area (Å²) in [4.78, 5) is 17.8. The normalized spacial score (nSPS) is 15.8. The average Bonchev–Trinajstić information content (AvgIpc) is 2.90. The zero-order valence-corrected chi connectivity index (χ0v) is 15.0. The van der Waals surface area contributed by atoms with Crippen LogP contribution < -0.4 is 0 Å². The molecule has 4 rings (SSSR count). The molecule has 3 heterocycles. The molecular formula is C20H18F3N3O. The minimum Gasteiger partial charge on any atom is -0.336 e. The fraction of sp³-hybridized carbons (Fsp3) is 0.300. The third-order valence-corrected chi connectivity index (χ3v) is 4.91. The van der Waals surface area contributed by atoms with E-state index in [1.165, 1.54) is 0 Å². The van der Waals surface area contributed by atoms with E-state index in [9.17, 15) is 18.0 Å². The highest BCUT2D eigenvalue weighted by molar-refractivity contribution is 5.86. The highest BCUT2D eigenvalue weighted by Crippen LogP contribution is 2.30. The van der Waals surface area contributed by atoms with Crippen LogP contribution >= 0.6 is 0 Å². The van der Waals surface area contributed by atoms with Gasteiger partial charge >= 0.3 is 0 Å². The standard InChI is InChI=1S/C20H18F3N3O/c1-12-4-3-5-15(18(12)21)14-6-16-19(24-7-14)13(2)8-25(16)9-17(27)26-10-20(22,23)11-26/h3-8H,9-11H2,1-2H3. The van der Waals surface area contributed by atoms with Gasteiger partial charge in [-0.3, -0.25) is 9.78 Å². The molecular weight excluding hydrogens is 355 g/mol. The van der Waals surface area contributed by atoms with Gasteiger partial charge in [0.2, 0.25) is 5.91 Å². The first-order valence-corrected chi connectivity index (χ1v) is 8.62. The van der Waals surface area contributed by atoms with E-state index in [0.717, 1.165) is 10.5 Å². The molecule has 1 saturated heterocycles. The number of rotatable bonds is 3. The van der Waals surface area contributed by atoms with Crippen LogP contribution in [0.25, 0.3) is 22.2 Å². The first-order valence-electron chi connectivity index (χ1n) is 8.62. The number of nitrogens with zero attached hydrogens (tertiary/aromatic N) is 3. The molecule has 1 fully saturated rings. The quantitative estimate of drug-likeness (QED) is 0.698. The zero-order valence-electron chi connectivity index (χ0n) is 15.0. The number of hydrogen-bond donors (Lipinski definition) is 0. The zero-order chi connectivity index (χ0) is 19.3. The van der Waals surface area contributed by atoms with E-state index in [0.29, 0.717) is 27.7 Å². The van der Waals surface area contributed by atoms with E-state index >= 15 is 0 Å². The number of fused-ring (bicyclic) bond motifs is 1. The summed E-state index contributed by atoms with van der Waals surface area (Å²) >= 11 is 0. The van der Waals surface area contributed by atoms with Gasteiger partial charge in [0.25, 0.3) is 5.92 Å². The molecule has 2 aromatic heterocycles. The smallest absolute Gasteiger partial charge is 0.282 e. The molecule has 1 aliphatic rings. The van der Waals surface area contributed by atoms with Crippen molar-refractivity contribution in [1.82, 2.24) is 14.5 Å². The monoisotopic (exact) mass is 373 g/mol. The van der Waals surface area contributed by atoms with Crippen LogP contribution in [0.5, 0.6) is 0 Å². The van der Waals surface area contributed by atoms with Crippen molar-refractivity contribution in [2.75, 3.05) is 13.1 Å². The summed E-state index contributed by atoms with van der Waals surface area (Å²) in [6.07, 6.45) is 3.37. The molecule has 7 heteroatoms. The molecule has 0 unspecified atom stereocenters. The Hall–Kier alpha value is -2.83. The molecule has 1 amide bonds. The molecule has 1 aliphatic heterocycles. The third-order valence-electron chi connectivity index (χ3n) is 4.91. The number of alkyl halides is 2. The summed E-state index contributed by atoms with van der Waals surface area (Å²) in [6, 6.07) is 6.93. The summed E-state index contributed by atoms with van der Waals surface area (Å²) in [5, 5.41) is 0. The van der Waals surface area contributed by atoms with Gasteiger partial charge in [-0.25, -0.2) is 13.2 Å². The van der Waals surface area contributed by atoms with Crippen molar-refractivity contribution < 1.29 is 18.0 Å². The maximum absolute atomic E-state index is 14.5. The Balaban J connectivity index is 1.70. The van der Waals surface area contributed by atoms with Gasteiger partial charge in [0.1, 0.15) is 12.4 Å². The minimum absolute atomic E-state index is 0.0537. The lowest BCUT2D eigenvalue weighted by Crippen LogP contribution is -2.59. The van der Waals surface area contributed by atoms with Crippen molar-refractivity contribution >= 4 is 16.9 Å². The molecule has 0 atom stereocenters. The summed E-state index contributed by atoms with van der Waals surface area (Å²) in [7, 11) is 0. The Labute approximate surface area is 154 Å². The summed E-state index contributed by atoms with van der Waals surface area (Å²) in [5.74, 6) is -3.47. The van der Waals surface area contributed by atoms with Gasteiger partial charge < -0.3 is 9.47 Å². The molecule has 4 nitrogen and oxygen atoms in total. The van der Waals surface area contributed by atoms with Crippen molar-refractivity contribution in [3.05, 3.63) is 53.6 Å². The predicted octanol–water partition coefficient (Wildman–Crippen LogP) is 3.94. The van der Waals surface area contributed by atoms with Crippen LogP contribution in [-0.2, 0) is 11.3 Å². The SMILES string of the molecule is Cc1cccc(-c2cnc3c(C)cn(CC(=O)N4CC(F)(F)C4)c3c2)c1F. The molecule has 0 bridgehead atoms. The second-order valence-corrected chi connectivity index (χ2v) is 7.07. The van der Waals surface area contributed by atoms with Gasteiger partial charge in [0.15, 0.2) is 0 Å². The van der Waals surface area contributed by atoms with Gasteiger partial charge in [-0.05, 0) is 31.0 Å². The molecule has 27 heavy (non-hydrogen) atoms. The van der Waals surface area contributed by atoms with Crippen molar-refractivity contribution in [2.45, 2.75) is 26.3 Å². The van der Waals surface area contributed by atoms with Gasteiger partial charge in [-0.15, -0.1) is 0 Å². The summed E-state index contributed by atoms with van der Waals surface area (Å²) in [5.41, 5.74) is 3.81. The Morgan fingerprint density at radius 2 is 1.96 bits per heavy atom. The van der Waals surface area contributed by atoms with Gasteiger partial charge in [-0.2, -0.15) is 0 Å². The number of pyridine rings is 1. The number of carbonyl (C=O) groups excluding carboxylic acids is 1. The summed E-state index contributed by atoms with van der Waals surface area (Å²) in [6.45, 7) is 2.42. The van der Waals surface area contributed by atoms with Crippen molar-refractivity contribution in [2.24, 2.45) is 0 Å². The fourth-order valence-electron chi connectivity index (χ4n) is 3.42. The van der Waals surface area contributed by atoms with Crippen LogP contribution in [0.15, 0.2) is 36.7 Å².